The number of nitrogens with zero attached hydrogens (tertiary/aromatic N) is 4. The lowest BCUT2D eigenvalue weighted by atomic mass is 9.95. The monoisotopic (exact) mass is 472 g/mol. The quantitative estimate of drug-likeness (QED) is 0.540. The highest BCUT2D eigenvalue weighted by Crippen LogP contribution is 2.32. The molecule has 0 N–H and O–H groups in total. The molecule has 5 nitrogen and oxygen atoms in total. The maximum atomic E-state index is 13.5. The number of piperidine rings is 1. The van der Waals surface area contributed by atoms with Crippen molar-refractivity contribution in [2.75, 3.05) is 49.1 Å². The molecular weight excluding hydrogens is 447 g/mol. The Labute approximate surface area is 196 Å². The van der Waals surface area contributed by atoms with Gasteiger partial charge in [0.1, 0.15) is 5.82 Å². The van der Waals surface area contributed by atoms with Crippen LogP contribution in [0.15, 0.2) is 36.4 Å². The summed E-state index contributed by atoms with van der Waals surface area (Å²) < 4.78 is 14.3. The molecule has 0 unspecified atom stereocenters. The molecule has 0 saturated carbocycles. The summed E-state index contributed by atoms with van der Waals surface area (Å²) in [6.45, 7) is 6.85. The zero-order chi connectivity index (χ0) is 22.2. The third-order valence-corrected chi connectivity index (χ3v) is 7.87. The van der Waals surface area contributed by atoms with E-state index in [0.29, 0.717) is 0 Å². The highest BCUT2D eigenvalue weighted by Gasteiger charge is 2.31. The Morgan fingerprint density at radius 3 is 2.53 bits per heavy atom. The Balaban J connectivity index is 1.16. The Kier molecular flexibility index (Phi) is 5.95. The van der Waals surface area contributed by atoms with Crippen molar-refractivity contribution in [3.8, 4) is 0 Å². The molecular formula is C24H26ClFN4OS. The maximum absolute atomic E-state index is 13.5. The van der Waals surface area contributed by atoms with Crippen LogP contribution in [-0.2, 0) is 4.79 Å². The third kappa shape index (κ3) is 4.28. The van der Waals surface area contributed by atoms with Gasteiger partial charge in [0.05, 0.1) is 10.2 Å². The van der Waals surface area contributed by atoms with Gasteiger partial charge in [-0.05, 0) is 55.7 Å². The van der Waals surface area contributed by atoms with Crippen LogP contribution in [0.5, 0.6) is 0 Å². The first kappa shape index (κ1) is 21.5. The molecule has 2 saturated heterocycles. The van der Waals surface area contributed by atoms with Gasteiger partial charge in [0, 0.05) is 55.9 Å². The molecule has 2 aromatic carbocycles. The van der Waals surface area contributed by atoms with Crippen LogP contribution in [0.2, 0.25) is 5.02 Å². The fourth-order valence-corrected chi connectivity index (χ4v) is 5.90. The minimum atomic E-state index is -0.234. The van der Waals surface area contributed by atoms with Crippen molar-refractivity contribution < 1.29 is 9.18 Å². The first-order chi connectivity index (χ1) is 15.5. The van der Waals surface area contributed by atoms with Gasteiger partial charge in [-0.15, -0.1) is 0 Å². The summed E-state index contributed by atoms with van der Waals surface area (Å²) in [5.74, 6) is 0.110. The average Bonchev–Trinajstić information content (AvgIpc) is 3.24. The van der Waals surface area contributed by atoms with E-state index in [-0.39, 0.29) is 17.6 Å². The number of hydrogen-bond donors (Lipinski definition) is 0. The second kappa shape index (κ2) is 8.87. The number of fused-ring (bicyclic) bond motifs is 1. The van der Waals surface area contributed by atoms with E-state index in [1.165, 1.54) is 29.0 Å². The van der Waals surface area contributed by atoms with E-state index >= 15 is 0 Å². The number of amides is 1. The topological polar surface area (TPSA) is 39.7 Å². The third-order valence-electron chi connectivity index (χ3n) is 6.56. The van der Waals surface area contributed by atoms with Crippen molar-refractivity contribution in [2.24, 2.45) is 5.92 Å². The molecule has 5 rings (SSSR count). The van der Waals surface area contributed by atoms with Crippen molar-refractivity contribution in [1.82, 2.24) is 9.88 Å². The van der Waals surface area contributed by atoms with Crippen LogP contribution < -0.4 is 9.80 Å². The predicted molar refractivity (Wildman–Crippen MR) is 129 cm³/mol. The largest absolute Gasteiger partial charge is 0.368 e. The van der Waals surface area contributed by atoms with Crippen molar-refractivity contribution in [3.63, 3.8) is 0 Å². The Bertz CT molecular complexity index is 1140. The van der Waals surface area contributed by atoms with Gasteiger partial charge in [0.25, 0.3) is 0 Å². The molecule has 2 fully saturated rings. The number of carbonyl (C=O) groups is 1. The first-order valence-corrected chi connectivity index (χ1v) is 12.3. The summed E-state index contributed by atoms with van der Waals surface area (Å²) in [5, 5.41) is 1.66. The lowest BCUT2D eigenvalue weighted by Crippen LogP contribution is -2.51. The van der Waals surface area contributed by atoms with E-state index in [0.717, 1.165) is 78.2 Å². The van der Waals surface area contributed by atoms with Crippen molar-refractivity contribution >= 4 is 49.9 Å². The second-order valence-corrected chi connectivity index (χ2v) is 10.1. The minimum absolute atomic E-state index is 0.0672. The number of aromatic nitrogens is 1. The summed E-state index contributed by atoms with van der Waals surface area (Å²) in [7, 11) is 0. The molecule has 0 bridgehead atoms. The van der Waals surface area contributed by atoms with Crippen LogP contribution in [0.3, 0.4) is 0 Å². The molecule has 0 aliphatic carbocycles. The molecule has 32 heavy (non-hydrogen) atoms. The van der Waals surface area contributed by atoms with Gasteiger partial charge in [0.2, 0.25) is 5.91 Å². The van der Waals surface area contributed by atoms with Gasteiger partial charge in [-0.1, -0.05) is 29.0 Å². The maximum Gasteiger partial charge on any atom is 0.225 e. The lowest BCUT2D eigenvalue weighted by Gasteiger charge is -2.39. The van der Waals surface area contributed by atoms with E-state index in [2.05, 4.69) is 21.7 Å². The Morgan fingerprint density at radius 2 is 1.78 bits per heavy atom. The summed E-state index contributed by atoms with van der Waals surface area (Å²) >= 11 is 7.71. The number of carbonyl (C=O) groups excluding carboxylic acids is 1. The number of aryl methyl sites for hydroxylation is 1. The van der Waals surface area contributed by atoms with Gasteiger partial charge < -0.3 is 14.7 Å². The zero-order valence-electron chi connectivity index (χ0n) is 18.1. The van der Waals surface area contributed by atoms with Gasteiger partial charge in [-0.3, -0.25) is 4.79 Å². The number of anilines is 2. The molecule has 1 amide bonds. The van der Waals surface area contributed by atoms with Crippen LogP contribution in [0.1, 0.15) is 18.4 Å². The lowest BCUT2D eigenvalue weighted by molar-refractivity contribution is -0.136. The first-order valence-electron chi connectivity index (χ1n) is 11.1. The van der Waals surface area contributed by atoms with E-state index in [9.17, 15) is 9.18 Å². The molecule has 3 heterocycles. The summed E-state index contributed by atoms with van der Waals surface area (Å²) in [5.41, 5.74) is 3.20. The number of hydrogen-bond acceptors (Lipinski definition) is 5. The highest BCUT2D eigenvalue weighted by molar-refractivity contribution is 7.22. The van der Waals surface area contributed by atoms with Crippen LogP contribution in [-0.4, -0.2) is 55.1 Å². The Hall–Kier alpha value is -2.38. The molecule has 0 radical (unpaired) electrons. The van der Waals surface area contributed by atoms with Crippen LogP contribution in [0.25, 0.3) is 10.2 Å². The summed E-state index contributed by atoms with van der Waals surface area (Å²) in [6, 6.07) is 10.7. The van der Waals surface area contributed by atoms with E-state index in [4.69, 9.17) is 11.6 Å². The zero-order valence-corrected chi connectivity index (χ0v) is 19.6. The summed E-state index contributed by atoms with van der Waals surface area (Å²) in [6.07, 6.45) is 1.66. The van der Waals surface area contributed by atoms with E-state index in [1.54, 1.807) is 6.07 Å². The fraction of sp³-hybridized carbons (Fsp3) is 0.417. The van der Waals surface area contributed by atoms with Gasteiger partial charge in [-0.25, -0.2) is 9.37 Å². The summed E-state index contributed by atoms with van der Waals surface area (Å²) in [4.78, 5) is 24.4. The number of thiazole rings is 1. The number of halogens is 2. The molecule has 2 aliphatic heterocycles. The van der Waals surface area contributed by atoms with Crippen molar-refractivity contribution in [2.45, 2.75) is 19.8 Å². The molecule has 168 valence electrons. The highest BCUT2D eigenvalue weighted by atomic mass is 35.5. The normalized spacial score (nSPS) is 17.9. The minimum Gasteiger partial charge on any atom is -0.368 e. The molecule has 3 aromatic rings. The van der Waals surface area contributed by atoms with Gasteiger partial charge >= 0.3 is 0 Å². The van der Waals surface area contributed by atoms with Crippen LogP contribution in [0.4, 0.5) is 15.2 Å². The smallest absolute Gasteiger partial charge is 0.225 e. The molecule has 0 atom stereocenters. The molecule has 2 aliphatic rings. The second-order valence-electron chi connectivity index (χ2n) is 8.61. The van der Waals surface area contributed by atoms with Crippen molar-refractivity contribution in [3.05, 3.63) is 52.8 Å². The number of piperazine rings is 1. The van der Waals surface area contributed by atoms with Crippen LogP contribution >= 0.6 is 22.9 Å². The van der Waals surface area contributed by atoms with Gasteiger partial charge in [-0.2, -0.15) is 0 Å². The standard InChI is InChI=1S/C24H26ClFN4OS/c1-16-2-3-18(25)14-21(16)28-10-12-29(13-11-28)23(31)17-6-8-30(9-7-17)24-27-20-5-4-19(26)15-22(20)32-24/h2-5,14-15,17H,6-13H2,1H3. The van der Waals surface area contributed by atoms with E-state index < -0.39 is 0 Å². The van der Waals surface area contributed by atoms with Crippen molar-refractivity contribution in [1.29, 1.82) is 0 Å². The van der Waals surface area contributed by atoms with Gasteiger partial charge in [0.15, 0.2) is 5.13 Å². The SMILES string of the molecule is Cc1ccc(Cl)cc1N1CCN(C(=O)C2CCN(c3nc4ccc(F)cc4s3)CC2)CC1. The average molecular weight is 473 g/mol. The number of rotatable bonds is 3. The molecule has 0 spiro atoms. The molecule has 8 heteroatoms. The van der Waals surface area contributed by atoms with Crippen LogP contribution in [0, 0.1) is 18.7 Å². The fourth-order valence-electron chi connectivity index (χ4n) is 4.69. The Morgan fingerprint density at radius 1 is 1.03 bits per heavy atom. The molecule has 1 aromatic heterocycles. The number of benzene rings is 2. The van der Waals surface area contributed by atoms with E-state index in [1.807, 2.05) is 23.1 Å². The predicted octanol–water partition coefficient (Wildman–Crippen LogP) is 4.96.